The van der Waals surface area contributed by atoms with Gasteiger partial charge in [0.15, 0.2) is 0 Å². The molecule has 6 rings (SSSR count). The maximum Gasteiger partial charge on any atom is 0.306 e. The van der Waals surface area contributed by atoms with E-state index in [4.69, 9.17) is 25.5 Å². The Kier molecular flexibility index (Phi) is 10.2. The van der Waals surface area contributed by atoms with Crippen molar-refractivity contribution in [1.29, 1.82) is 0 Å². The minimum Gasteiger partial charge on any atom is -0.481 e. The van der Waals surface area contributed by atoms with E-state index in [-0.39, 0.29) is 52.7 Å². The van der Waals surface area contributed by atoms with Crippen LogP contribution in [0.15, 0.2) is 47.1 Å². The van der Waals surface area contributed by atoms with E-state index >= 15 is 4.39 Å². The third-order valence-electron chi connectivity index (χ3n) is 9.49. The molecule has 2 saturated heterocycles. The highest BCUT2D eigenvalue weighted by atomic mass is 35.5. The maximum atomic E-state index is 15.4. The van der Waals surface area contributed by atoms with Crippen LogP contribution in [-0.4, -0.2) is 90.3 Å². The average molecular weight is 656 g/mol. The summed E-state index contributed by atoms with van der Waals surface area (Å²) in [6.45, 7) is 3.86. The number of fused-ring (bicyclic) bond motifs is 1. The molecule has 2 aliphatic heterocycles. The van der Waals surface area contributed by atoms with Crippen molar-refractivity contribution >= 4 is 46.0 Å². The second kappa shape index (κ2) is 14.5. The van der Waals surface area contributed by atoms with Crippen molar-refractivity contribution in [1.82, 2.24) is 9.80 Å². The lowest BCUT2D eigenvalue weighted by atomic mass is 9.87. The normalized spacial score (nSPS) is 24.2. The number of halogens is 2. The number of anilines is 1. The molecule has 1 aromatic heterocycles. The molecule has 3 aliphatic rings. The Balaban J connectivity index is 1.13. The number of likely N-dealkylation sites (tertiary alicyclic amines) is 1. The molecule has 3 aromatic rings. The van der Waals surface area contributed by atoms with E-state index in [0.717, 1.165) is 32.0 Å². The zero-order valence-electron chi connectivity index (χ0n) is 25.6. The van der Waals surface area contributed by atoms with Gasteiger partial charge in [-0.2, -0.15) is 0 Å². The molecule has 2 amide bonds. The predicted octanol–water partition coefficient (Wildman–Crippen LogP) is 5.37. The molecule has 12 heteroatoms. The van der Waals surface area contributed by atoms with Crippen LogP contribution < -0.4 is 5.32 Å². The molecule has 2 N–H and O–H groups in total. The van der Waals surface area contributed by atoms with Crippen LogP contribution in [0.4, 0.5) is 10.1 Å². The monoisotopic (exact) mass is 655 g/mol. The van der Waals surface area contributed by atoms with Gasteiger partial charge in [0.2, 0.25) is 5.91 Å². The van der Waals surface area contributed by atoms with Crippen LogP contribution in [0, 0.1) is 11.7 Å². The summed E-state index contributed by atoms with van der Waals surface area (Å²) in [6.07, 6.45) is 5.27. The van der Waals surface area contributed by atoms with E-state index < -0.39 is 17.7 Å². The first kappa shape index (κ1) is 32.4. The van der Waals surface area contributed by atoms with Gasteiger partial charge in [0.1, 0.15) is 17.7 Å². The highest BCUT2D eigenvalue weighted by Crippen LogP contribution is 2.31. The first-order valence-corrected chi connectivity index (χ1v) is 16.4. The number of hydrogen-bond donors (Lipinski definition) is 2. The molecule has 10 nitrogen and oxygen atoms in total. The molecule has 246 valence electrons. The summed E-state index contributed by atoms with van der Waals surface area (Å²) in [5, 5.41) is 12.7. The summed E-state index contributed by atoms with van der Waals surface area (Å²) in [7, 11) is 0. The number of carboxylic acids is 1. The molecule has 46 heavy (non-hydrogen) atoms. The number of carboxylic acid groups (broad SMARTS) is 1. The summed E-state index contributed by atoms with van der Waals surface area (Å²) in [5.41, 5.74) is 1.09. The number of rotatable bonds is 9. The Morgan fingerprint density at radius 3 is 2.70 bits per heavy atom. The van der Waals surface area contributed by atoms with Gasteiger partial charge in [-0.1, -0.05) is 29.8 Å². The number of nitrogens with zero attached hydrogens (tertiary/aromatic N) is 2. The summed E-state index contributed by atoms with van der Waals surface area (Å²) >= 11 is 6.50. The number of hydrogen-bond acceptors (Lipinski definition) is 7. The van der Waals surface area contributed by atoms with Gasteiger partial charge in [0.05, 0.1) is 54.0 Å². The Hall–Kier alpha value is -3.51. The Labute approximate surface area is 271 Å². The van der Waals surface area contributed by atoms with E-state index in [2.05, 4.69) is 10.2 Å². The van der Waals surface area contributed by atoms with Crippen LogP contribution >= 0.6 is 11.6 Å². The van der Waals surface area contributed by atoms with Gasteiger partial charge in [-0.05, 0) is 62.3 Å². The largest absolute Gasteiger partial charge is 0.481 e. The van der Waals surface area contributed by atoms with E-state index in [1.54, 1.807) is 29.2 Å². The quantitative estimate of drug-likeness (QED) is 0.316. The minimum atomic E-state index is -0.760. The van der Waals surface area contributed by atoms with Gasteiger partial charge in [0.25, 0.3) is 5.91 Å². The molecule has 2 aromatic carbocycles. The van der Waals surface area contributed by atoms with Gasteiger partial charge < -0.3 is 29.2 Å². The number of ether oxygens (including phenoxy) is 2. The van der Waals surface area contributed by atoms with Crippen LogP contribution in [-0.2, 0) is 25.5 Å². The third-order valence-corrected chi connectivity index (χ3v) is 9.80. The first-order valence-electron chi connectivity index (χ1n) is 16.0. The number of furan rings is 1. The molecule has 0 radical (unpaired) electrons. The SMILES string of the molecule is O=C(Nc1cc(F)c(CC(=O)N2C[C@@H](N3CCCOCC3)C[C@H]2COC2CCC(C(=O)O)CC2)cc1Cl)c1coc2ccccc12. The van der Waals surface area contributed by atoms with Crippen molar-refractivity contribution in [3.8, 4) is 0 Å². The van der Waals surface area contributed by atoms with Gasteiger partial charge in [-0.3, -0.25) is 19.3 Å². The van der Waals surface area contributed by atoms with Gasteiger partial charge >= 0.3 is 5.97 Å². The zero-order chi connectivity index (χ0) is 32.2. The number of benzene rings is 2. The second-order valence-electron chi connectivity index (χ2n) is 12.4. The third kappa shape index (κ3) is 7.38. The zero-order valence-corrected chi connectivity index (χ0v) is 26.3. The summed E-state index contributed by atoms with van der Waals surface area (Å²) in [4.78, 5) is 42.3. The maximum absolute atomic E-state index is 15.4. The van der Waals surface area contributed by atoms with Crippen molar-refractivity contribution in [2.24, 2.45) is 5.92 Å². The number of amides is 2. The van der Waals surface area contributed by atoms with Crippen LogP contribution in [0.2, 0.25) is 5.02 Å². The van der Waals surface area contributed by atoms with E-state index in [9.17, 15) is 19.5 Å². The molecule has 3 fully saturated rings. The number of aliphatic carboxylic acids is 1. The molecule has 0 spiro atoms. The highest BCUT2D eigenvalue weighted by molar-refractivity contribution is 6.34. The summed E-state index contributed by atoms with van der Waals surface area (Å²) in [6, 6.07) is 9.58. The number of nitrogens with one attached hydrogen (secondary N) is 1. The molecular formula is C34H39ClFN3O7. The first-order chi connectivity index (χ1) is 22.3. The second-order valence-corrected chi connectivity index (χ2v) is 12.8. The van der Waals surface area contributed by atoms with E-state index in [1.165, 1.54) is 12.3 Å². The van der Waals surface area contributed by atoms with Crippen LogP contribution in [0.1, 0.15) is 54.4 Å². The lowest BCUT2D eigenvalue weighted by molar-refractivity contribution is -0.144. The van der Waals surface area contributed by atoms with Gasteiger partial charge in [-0.25, -0.2) is 4.39 Å². The van der Waals surface area contributed by atoms with Gasteiger partial charge in [0, 0.05) is 37.7 Å². The van der Waals surface area contributed by atoms with Crippen LogP contribution in [0.3, 0.4) is 0 Å². The standard InChI is InChI=1S/C34H39ClFN3O7/c35-28-14-22(29(36)17-30(28)37-33(41)27-20-46-31-5-2-1-4-26(27)31)15-32(40)39-18-23(38-10-3-12-44-13-11-38)16-24(39)19-45-25-8-6-21(7-9-25)34(42)43/h1-2,4-5,14,17,20-21,23-25H,3,6-13,15-16,18-19H2,(H,37,41)(H,42,43)/t21?,23-,24-,25?/m0/s1. The fourth-order valence-electron chi connectivity index (χ4n) is 6.90. The topological polar surface area (TPSA) is 122 Å². The van der Waals surface area contributed by atoms with E-state index in [0.29, 0.717) is 68.6 Å². The molecule has 1 saturated carbocycles. The summed E-state index contributed by atoms with van der Waals surface area (Å²) < 4.78 is 32.8. The Morgan fingerprint density at radius 2 is 1.89 bits per heavy atom. The van der Waals surface area contributed by atoms with Crippen molar-refractivity contribution in [3.05, 3.63) is 64.6 Å². The fraction of sp³-hybridized carbons (Fsp3) is 0.500. The highest BCUT2D eigenvalue weighted by Gasteiger charge is 2.39. The number of carbonyl (C=O) groups is 3. The average Bonchev–Trinajstić information content (AvgIpc) is 3.58. The predicted molar refractivity (Wildman–Crippen MR) is 170 cm³/mol. The van der Waals surface area contributed by atoms with Crippen LogP contribution in [0.25, 0.3) is 11.0 Å². The Morgan fingerprint density at radius 1 is 1.09 bits per heavy atom. The van der Waals surface area contributed by atoms with Crippen LogP contribution in [0.5, 0.6) is 0 Å². The number of para-hydroxylation sites is 1. The molecule has 3 heterocycles. The lowest BCUT2D eigenvalue weighted by Crippen LogP contribution is -2.42. The molecular weight excluding hydrogens is 617 g/mol. The van der Waals surface area contributed by atoms with Crippen molar-refractivity contribution in [3.63, 3.8) is 0 Å². The van der Waals surface area contributed by atoms with Gasteiger partial charge in [-0.15, -0.1) is 0 Å². The minimum absolute atomic E-state index is 0.0442. The Bertz CT molecular complexity index is 1570. The van der Waals surface area contributed by atoms with Crippen molar-refractivity contribution < 1.29 is 37.8 Å². The molecule has 2 atom stereocenters. The molecule has 1 aliphatic carbocycles. The van der Waals surface area contributed by atoms with Crippen molar-refractivity contribution in [2.75, 3.05) is 44.8 Å². The van der Waals surface area contributed by atoms with Crippen molar-refractivity contribution in [2.45, 2.75) is 63.1 Å². The molecule has 0 unspecified atom stereocenters. The number of carbonyl (C=O) groups excluding carboxylic acids is 2. The lowest BCUT2D eigenvalue weighted by Gasteiger charge is -2.30. The molecule has 0 bridgehead atoms. The smallest absolute Gasteiger partial charge is 0.306 e. The fourth-order valence-corrected chi connectivity index (χ4v) is 7.13. The summed E-state index contributed by atoms with van der Waals surface area (Å²) in [5.74, 6) is -2.45. The van der Waals surface area contributed by atoms with E-state index in [1.807, 2.05) is 0 Å².